The van der Waals surface area contributed by atoms with Gasteiger partial charge in [-0.25, -0.2) is 0 Å². The van der Waals surface area contributed by atoms with Gasteiger partial charge >= 0.3 is 0 Å². The predicted octanol–water partition coefficient (Wildman–Crippen LogP) is 5.32. The van der Waals surface area contributed by atoms with Crippen molar-refractivity contribution in [2.24, 2.45) is 0 Å². The van der Waals surface area contributed by atoms with E-state index in [9.17, 15) is 4.79 Å². The minimum atomic E-state index is -0.145. The van der Waals surface area contributed by atoms with Crippen molar-refractivity contribution in [2.75, 3.05) is 6.61 Å². The predicted molar refractivity (Wildman–Crippen MR) is 119 cm³/mol. The van der Waals surface area contributed by atoms with Gasteiger partial charge in [0.05, 0.1) is 11.5 Å². The first kappa shape index (κ1) is 20.4. The number of amides is 1. The summed E-state index contributed by atoms with van der Waals surface area (Å²) in [4.78, 5) is 12.3. The number of hydrogen-bond donors (Lipinski definition) is 1. The van der Waals surface area contributed by atoms with Gasteiger partial charge in [0.25, 0.3) is 5.91 Å². The quantitative estimate of drug-likeness (QED) is 0.342. The SMILES string of the molecule is CCCCCOc1ccc(COc2ccc(C=C3SC(=S)NC3=O)cc2)cc1. The molecule has 1 saturated heterocycles. The zero-order valence-electron chi connectivity index (χ0n) is 15.8. The highest BCUT2D eigenvalue weighted by Gasteiger charge is 2.21. The number of unbranched alkanes of at least 4 members (excludes halogenated alkanes) is 2. The van der Waals surface area contributed by atoms with E-state index in [0.717, 1.165) is 35.7 Å². The molecule has 2 aromatic rings. The van der Waals surface area contributed by atoms with Gasteiger partial charge in [0.15, 0.2) is 0 Å². The molecule has 146 valence electrons. The van der Waals surface area contributed by atoms with Crippen LogP contribution in [0.1, 0.15) is 37.3 Å². The van der Waals surface area contributed by atoms with Crippen LogP contribution in [0.25, 0.3) is 6.08 Å². The Hall–Kier alpha value is -2.31. The first-order chi connectivity index (χ1) is 13.6. The highest BCUT2D eigenvalue weighted by Crippen LogP contribution is 2.26. The van der Waals surface area contributed by atoms with Crippen LogP contribution >= 0.6 is 24.0 Å². The number of nitrogens with one attached hydrogen (secondary N) is 1. The summed E-state index contributed by atoms with van der Waals surface area (Å²) in [5.74, 6) is 1.53. The molecule has 0 unspecified atom stereocenters. The fraction of sp³-hybridized carbons (Fsp3) is 0.273. The third-order valence-electron chi connectivity index (χ3n) is 4.17. The zero-order valence-corrected chi connectivity index (χ0v) is 17.4. The molecule has 0 atom stereocenters. The molecule has 1 heterocycles. The summed E-state index contributed by atoms with van der Waals surface area (Å²) < 4.78 is 12.1. The monoisotopic (exact) mass is 413 g/mol. The molecule has 0 saturated carbocycles. The molecule has 0 aliphatic carbocycles. The number of benzene rings is 2. The first-order valence-electron chi connectivity index (χ1n) is 9.33. The maximum absolute atomic E-state index is 11.7. The van der Waals surface area contributed by atoms with Crippen LogP contribution in [0.15, 0.2) is 53.4 Å². The summed E-state index contributed by atoms with van der Waals surface area (Å²) in [7, 11) is 0. The number of hydrogen-bond acceptors (Lipinski definition) is 5. The minimum absolute atomic E-state index is 0.145. The summed E-state index contributed by atoms with van der Waals surface area (Å²) in [6, 6.07) is 15.6. The van der Waals surface area contributed by atoms with E-state index in [1.807, 2.05) is 54.6 Å². The number of rotatable bonds is 9. The van der Waals surface area contributed by atoms with Crippen LogP contribution in [-0.4, -0.2) is 16.8 Å². The van der Waals surface area contributed by atoms with Crippen LogP contribution in [0.5, 0.6) is 11.5 Å². The Balaban J connectivity index is 1.49. The molecular weight excluding hydrogens is 390 g/mol. The molecule has 6 heteroatoms. The molecule has 28 heavy (non-hydrogen) atoms. The number of thiocarbonyl (C=S) groups is 1. The summed E-state index contributed by atoms with van der Waals surface area (Å²) in [6.07, 6.45) is 5.30. The van der Waals surface area contributed by atoms with E-state index in [0.29, 0.717) is 15.8 Å². The Morgan fingerprint density at radius 2 is 1.68 bits per heavy atom. The molecule has 0 aromatic heterocycles. The van der Waals surface area contributed by atoms with E-state index in [4.69, 9.17) is 21.7 Å². The number of thioether (sulfide) groups is 1. The molecular formula is C22H23NO3S2. The van der Waals surface area contributed by atoms with Gasteiger partial charge in [-0.1, -0.05) is 68.0 Å². The van der Waals surface area contributed by atoms with Crippen molar-refractivity contribution in [3.63, 3.8) is 0 Å². The molecule has 2 aromatic carbocycles. The highest BCUT2D eigenvalue weighted by atomic mass is 32.2. The van der Waals surface area contributed by atoms with E-state index in [1.165, 1.54) is 24.6 Å². The third kappa shape index (κ3) is 6.11. The standard InChI is InChI=1S/C22H23NO3S2/c1-2-3-4-13-25-18-11-7-17(8-12-18)15-26-19-9-5-16(6-10-19)14-20-21(24)23-22(27)28-20/h5-12,14H,2-4,13,15H2,1H3,(H,23,24,27). The molecule has 0 spiro atoms. The average Bonchev–Trinajstić information content (AvgIpc) is 3.02. The Morgan fingerprint density at radius 1 is 1.00 bits per heavy atom. The van der Waals surface area contributed by atoms with Crippen LogP contribution in [0.4, 0.5) is 0 Å². The molecule has 1 aliphatic rings. The van der Waals surface area contributed by atoms with Crippen LogP contribution in [-0.2, 0) is 11.4 Å². The Morgan fingerprint density at radius 3 is 2.32 bits per heavy atom. The van der Waals surface area contributed by atoms with E-state index in [1.54, 1.807) is 0 Å². The van der Waals surface area contributed by atoms with Crippen molar-refractivity contribution in [3.05, 3.63) is 64.6 Å². The van der Waals surface area contributed by atoms with E-state index in [-0.39, 0.29) is 5.91 Å². The largest absolute Gasteiger partial charge is 0.494 e. The Bertz CT molecular complexity index is 845. The van der Waals surface area contributed by atoms with Crippen molar-refractivity contribution in [1.29, 1.82) is 0 Å². The van der Waals surface area contributed by atoms with Crippen molar-refractivity contribution in [3.8, 4) is 11.5 Å². The van der Waals surface area contributed by atoms with Crippen molar-refractivity contribution in [1.82, 2.24) is 5.32 Å². The second-order valence-corrected chi connectivity index (χ2v) is 8.13. The van der Waals surface area contributed by atoms with Crippen LogP contribution in [0.3, 0.4) is 0 Å². The Kier molecular flexibility index (Phi) is 7.51. The van der Waals surface area contributed by atoms with Crippen molar-refractivity contribution in [2.45, 2.75) is 32.8 Å². The van der Waals surface area contributed by atoms with Crippen LogP contribution in [0.2, 0.25) is 0 Å². The summed E-state index contributed by atoms with van der Waals surface area (Å²) >= 11 is 6.27. The maximum atomic E-state index is 11.7. The van der Waals surface area contributed by atoms with Crippen LogP contribution < -0.4 is 14.8 Å². The lowest BCUT2D eigenvalue weighted by Gasteiger charge is -2.09. The van der Waals surface area contributed by atoms with Gasteiger partial charge < -0.3 is 14.8 Å². The van der Waals surface area contributed by atoms with Crippen molar-refractivity contribution < 1.29 is 14.3 Å². The van der Waals surface area contributed by atoms with E-state index in [2.05, 4.69) is 12.2 Å². The average molecular weight is 414 g/mol. The van der Waals surface area contributed by atoms with Gasteiger partial charge in [-0.2, -0.15) is 0 Å². The summed E-state index contributed by atoms with van der Waals surface area (Å²) in [5, 5.41) is 2.61. The number of carbonyl (C=O) groups is 1. The van der Waals surface area contributed by atoms with Gasteiger partial charge in [-0.05, 0) is 47.9 Å². The highest BCUT2D eigenvalue weighted by molar-refractivity contribution is 8.26. The lowest BCUT2D eigenvalue weighted by Crippen LogP contribution is -2.17. The van der Waals surface area contributed by atoms with E-state index < -0.39 is 0 Å². The molecule has 4 nitrogen and oxygen atoms in total. The molecule has 1 amide bonds. The fourth-order valence-electron chi connectivity index (χ4n) is 2.62. The molecule has 3 rings (SSSR count). The smallest absolute Gasteiger partial charge is 0.263 e. The van der Waals surface area contributed by atoms with Gasteiger partial charge in [0, 0.05) is 0 Å². The minimum Gasteiger partial charge on any atom is -0.494 e. The molecule has 1 aliphatic heterocycles. The third-order valence-corrected chi connectivity index (χ3v) is 5.33. The van der Waals surface area contributed by atoms with Gasteiger partial charge in [0.1, 0.15) is 22.4 Å². The first-order valence-corrected chi connectivity index (χ1v) is 10.6. The molecule has 0 bridgehead atoms. The van der Waals surface area contributed by atoms with Gasteiger partial charge in [-0.3, -0.25) is 4.79 Å². The second-order valence-electron chi connectivity index (χ2n) is 6.41. The number of carbonyl (C=O) groups excluding carboxylic acids is 1. The normalized spacial score (nSPS) is 15.0. The van der Waals surface area contributed by atoms with Gasteiger partial charge in [0.2, 0.25) is 0 Å². The lowest BCUT2D eigenvalue weighted by molar-refractivity contribution is -0.115. The summed E-state index contributed by atoms with van der Waals surface area (Å²) in [5.41, 5.74) is 2.01. The number of ether oxygens (including phenoxy) is 2. The van der Waals surface area contributed by atoms with E-state index >= 15 is 0 Å². The van der Waals surface area contributed by atoms with Gasteiger partial charge in [-0.15, -0.1) is 0 Å². The topological polar surface area (TPSA) is 47.6 Å². The maximum Gasteiger partial charge on any atom is 0.263 e. The summed E-state index contributed by atoms with van der Waals surface area (Å²) in [6.45, 7) is 3.43. The second kappa shape index (κ2) is 10.3. The van der Waals surface area contributed by atoms with Crippen molar-refractivity contribution >= 4 is 40.3 Å². The fourth-order valence-corrected chi connectivity index (χ4v) is 3.67. The van der Waals surface area contributed by atoms with Crippen LogP contribution in [0, 0.1) is 0 Å². The molecule has 1 fully saturated rings. The zero-order chi connectivity index (χ0) is 19.8. The Labute approximate surface area is 175 Å². The molecule has 1 N–H and O–H groups in total. The lowest BCUT2D eigenvalue weighted by atomic mass is 10.2. The molecule has 0 radical (unpaired) electrons.